The van der Waals surface area contributed by atoms with Crippen molar-refractivity contribution in [2.75, 3.05) is 13.2 Å². The summed E-state index contributed by atoms with van der Waals surface area (Å²) >= 11 is 3.45. The van der Waals surface area contributed by atoms with Crippen LogP contribution in [0.15, 0.2) is 22.7 Å². The standard InChI is InChI=1S/C13H15BrN2O2/c14-10-1-2-13-11(5-10)12(7-17)15-16(13)6-9-3-4-18-8-9/h1-2,5,9,17H,3-4,6-8H2. The molecule has 0 spiro atoms. The number of aliphatic hydroxyl groups is 1. The zero-order chi connectivity index (χ0) is 12.5. The van der Waals surface area contributed by atoms with Crippen molar-refractivity contribution >= 4 is 26.8 Å². The molecule has 1 aromatic heterocycles. The third-order valence-electron chi connectivity index (χ3n) is 3.39. The lowest BCUT2D eigenvalue weighted by Crippen LogP contribution is -2.12. The molecule has 1 aliphatic rings. The Morgan fingerprint density at radius 1 is 1.50 bits per heavy atom. The minimum absolute atomic E-state index is 0.0267. The summed E-state index contributed by atoms with van der Waals surface area (Å²) in [5, 5.41) is 14.9. The van der Waals surface area contributed by atoms with Crippen molar-refractivity contribution in [3.8, 4) is 0 Å². The molecule has 0 aliphatic carbocycles. The number of halogens is 1. The average molecular weight is 311 g/mol. The molecule has 1 fully saturated rings. The van der Waals surface area contributed by atoms with Gasteiger partial charge < -0.3 is 9.84 Å². The fourth-order valence-corrected chi connectivity index (χ4v) is 2.81. The molecule has 1 unspecified atom stereocenters. The number of nitrogens with zero attached hydrogens (tertiary/aromatic N) is 2. The Morgan fingerprint density at radius 3 is 3.11 bits per heavy atom. The van der Waals surface area contributed by atoms with Crippen molar-refractivity contribution in [2.24, 2.45) is 5.92 Å². The van der Waals surface area contributed by atoms with Crippen molar-refractivity contribution < 1.29 is 9.84 Å². The number of aliphatic hydroxyl groups excluding tert-OH is 1. The third kappa shape index (κ3) is 2.18. The van der Waals surface area contributed by atoms with Gasteiger partial charge in [-0.1, -0.05) is 15.9 Å². The van der Waals surface area contributed by atoms with Crippen LogP contribution in [0.2, 0.25) is 0 Å². The zero-order valence-corrected chi connectivity index (χ0v) is 11.6. The van der Waals surface area contributed by atoms with E-state index >= 15 is 0 Å². The minimum atomic E-state index is -0.0267. The number of hydrogen-bond donors (Lipinski definition) is 1. The molecule has 2 aromatic rings. The Kier molecular flexibility index (Phi) is 3.37. The Morgan fingerprint density at radius 2 is 2.39 bits per heavy atom. The van der Waals surface area contributed by atoms with E-state index in [1.165, 1.54) is 0 Å². The van der Waals surface area contributed by atoms with Crippen LogP contribution in [0.25, 0.3) is 10.9 Å². The normalized spacial score (nSPS) is 19.8. The lowest BCUT2D eigenvalue weighted by molar-refractivity contribution is 0.181. The second kappa shape index (κ2) is 4.99. The van der Waals surface area contributed by atoms with E-state index in [1.54, 1.807) is 0 Å². The van der Waals surface area contributed by atoms with Crippen LogP contribution in [0.4, 0.5) is 0 Å². The first-order valence-electron chi connectivity index (χ1n) is 6.11. The summed E-state index contributed by atoms with van der Waals surface area (Å²) < 4.78 is 8.40. The fraction of sp³-hybridized carbons (Fsp3) is 0.462. The summed E-state index contributed by atoms with van der Waals surface area (Å²) in [5.74, 6) is 0.531. The van der Waals surface area contributed by atoms with Gasteiger partial charge in [0, 0.05) is 28.9 Å². The van der Waals surface area contributed by atoms with Crippen LogP contribution < -0.4 is 0 Å². The first-order chi connectivity index (χ1) is 8.78. The summed E-state index contributed by atoms with van der Waals surface area (Å²) in [6.07, 6.45) is 1.09. The molecule has 4 nitrogen and oxygen atoms in total. The Balaban J connectivity index is 2.00. The highest BCUT2D eigenvalue weighted by atomic mass is 79.9. The van der Waals surface area contributed by atoms with Gasteiger partial charge in [0.15, 0.2) is 0 Å². The van der Waals surface area contributed by atoms with Gasteiger partial charge in [-0.25, -0.2) is 0 Å². The molecule has 1 aliphatic heterocycles. The first kappa shape index (κ1) is 12.1. The summed E-state index contributed by atoms with van der Waals surface area (Å²) in [6, 6.07) is 6.06. The molecule has 0 saturated carbocycles. The number of ether oxygens (including phenoxy) is 1. The third-order valence-corrected chi connectivity index (χ3v) is 3.89. The van der Waals surface area contributed by atoms with Crippen molar-refractivity contribution in [1.29, 1.82) is 0 Å². The Bertz CT molecular complexity index is 561. The van der Waals surface area contributed by atoms with Crippen LogP contribution in [-0.2, 0) is 17.9 Å². The van der Waals surface area contributed by atoms with E-state index in [4.69, 9.17) is 4.74 Å². The number of aromatic nitrogens is 2. The maximum absolute atomic E-state index is 9.38. The van der Waals surface area contributed by atoms with E-state index in [0.717, 1.165) is 47.2 Å². The molecule has 2 heterocycles. The first-order valence-corrected chi connectivity index (χ1v) is 6.91. The summed E-state index contributed by atoms with van der Waals surface area (Å²) in [6.45, 7) is 2.49. The molecule has 5 heteroatoms. The van der Waals surface area contributed by atoms with E-state index in [0.29, 0.717) is 5.92 Å². The fourth-order valence-electron chi connectivity index (χ4n) is 2.45. The molecule has 1 saturated heterocycles. The molecule has 0 bridgehead atoms. The average Bonchev–Trinajstić information content (AvgIpc) is 2.98. The lowest BCUT2D eigenvalue weighted by Gasteiger charge is -2.08. The number of rotatable bonds is 3. The van der Waals surface area contributed by atoms with Gasteiger partial charge in [0.2, 0.25) is 0 Å². The highest BCUT2D eigenvalue weighted by molar-refractivity contribution is 9.10. The van der Waals surface area contributed by atoms with Crippen LogP contribution in [-0.4, -0.2) is 28.1 Å². The van der Waals surface area contributed by atoms with Crippen LogP contribution in [0, 0.1) is 5.92 Å². The van der Waals surface area contributed by atoms with Gasteiger partial charge in [-0.3, -0.25) is 4.68 Å². The van der Waals surface area contributed by atoms with Crippen molar-refractivity contribution in [1.82, 2.24) is 9.78 Å². The van der Waals surface area contributed by atoms with Crippen LogP contribution >= 0.6 is 15.9 Å². The lowest BCUT2D eigenvalue weighted by atomic mass is 10.1. The van der Waals surface area contributed by atoms with Crippen molar-refractivity contribution in [2.45, 2.75) is 19.6 Å². The van der Waals surface area contributed by atoms with E-state index in [2.05, 4.69) is 21.0 Å². The molecule has 0 amide bonds. The SMILES string of the molecule is OCc1nn(CC2CCOC2)c2ccc(Br)cc12. The molecule has 1 aromatic carbocycles. The van der Waals surface area contributed by atoms with Crippen LogP contribution in [0.3, 0.4) is 0 Å². The molecular formula is C13H15BrN2O2. The summed E-state index contributed by atoms with van der Waals surface area (Å²) in [5.41, 5.74) is 1.82. The van der Waals surface area contributed by atoms with Crippen LogP contribution in [0.1, 0.15) is 12.1 Å². The van der Waals surface area contributed by atoms with Gasteiger partial charge in [-0.15, -0.1) is 0 Å². The predicted octanol–water partition coefficient (Wildman–Crippen LogP) is 2.33. The van der Waals surface area contributed by atoms with Crippen LogP contribution in [0.5, 0.6) is 0 Å². The van der Waals surface area contributed by atoms with Gasteiger partial charge in [-0.2, -0.15) is 5.10 Å². The quantitative estimate of drug-likeness (QED) is 0.946. The Labute approximate surface area is 114 Å². The topological polar surface area (TPSA) is 47.3 Å². The Hall–Kier alpha value is -0.910. The van der Waals surface area contributed by atoms with E-state index in [-0.39, 0.29) is 6.61 Å². The maximum atomic E-state index is 9.38. The van der Waals surface area contributed by atoms with Crippen molar-refractivity contribution in [3.63, 3.8) is 0 Å². The maximum Gasteiger partial charge on any atom is 0.0957 e. The number of hydrogen-bond acceptors (Lipinski definition) is 3. The molecule has 0 radical (unpaired) electrons. The van der Waals surface area contributed by atoms with Gasteiger partial charge in [0.05, 0.1) is 24.4 Å². The molecule has 3 rings (SSSR count). The monoisotopic (exact) mass is 310 g/mol. The summed E-state index contributed by atoms with van der Waals surface area (Å²) in [4.78, 5) is 0. The smallest absolute Gasteiger partial charge is 0.0957 e. The van der Waals surface area contributed by atoms with Gasteiger partial charge >= 0.3 is 0 Å². The summed E-state index contributed by atoms with van der Waals surface area (Å²) in [7, 11) is 0. The van der Waals surface area contributed by atoms with E-state index in [9.17, 15) is 5.11 Å². The molecule has 18 heavy (non-hydrogen) atoms. The van der Waals surface area contributed by atoms with E-state index in [1.807, 2.05) is 22.9 Å². The van der Waals surface area contributed by atoms with Gasteiger partial charge in [-0.05, 0) is 24.6 Å². The van der Waals surface area contributed by atoms with Crippen molar-refractivity contribution in [3.05, 3.63) is 28.4 Å². The highest BCUT2D eigenvalue weighted by Crippen LogP contribution is 2.25. The van der Waals surface area contributed by atoms with Gasteiger partial charge in [0.1, 0.15) is 0 Å². The molecule has 1 N–H and O–H groups in total. The minimum Gasteiger partial charge on any atom is -0.390 e. The highest BCUT2D eigenvalue weighted by Gasteiger charge is 2.19. The molecule has 96 valence electrons. The largest absolute Gasteiger partial charge is 0.390 e. The zero-order valence-electron chi connectivity index (χ0n) is 9.97. The second-order valence-electron chi connectivity index (χ2n) is 4.68. The van der Waals surface area contributed by atoms with Gasteiger partial charge in [0.25, 0.3) is 0 Å². The molecule has 1 atom stereocenters. The van der Waals surface area contributed by atoms with E-state index < -0.39 is 0 Å². The molecular weight excluding hydrogens is 296 g/mol. The predicted molar refractivity (Wildman–Crippen MR) is 72.3 cm³/mol. The second-order valence-corrected chi connectivity index (χ2v) is 5.59. The number of fused-ring (bicyclic) bond motifs is 1. The number of benzene rings is 1.